The summed E-state index contributed by atoms with van der Waals surface area (Å²) in [5.41, 5.74) is 0.758. The van der Waals surface area contributed by atoms with Gasteiger partial charge in [0.25, 0.3) is 0 Å². The highest BCUT2D eigenvalue weighted by atomic mass is 32.2. The lowest BCUT2D eigenvalue weighted by atomic mass is 10.4. The summed E-state index contributed by atoms with van der Waals surface area (Å²) in [6.45, 7) is 4.36. The molecule has 0 bridgehead atoms. The quantitative estimate of drug-likeness (QED) is 0.352. The zero-order valence-corrected chi connectivity index (χ0v) is 12.7. The van der Waals surface area contributed by atoms with Crippen molar-refractivity contribution in [2.24, 2.45) is 7.05 Å². The summed E-state index contributed by atoms with van der Waals surface area (Å²) in [7, 11) is 1.83. The number of rotatable bonds is 6. The molecule has 0 aliphatic rings. The van der Waals surface area contributed by atoms with E-state index in [1.54, 1.807) is 10.9 Å². The van der Waals surface area contributed by atoms with Crippen molar-refractivity contribution < 1.29 is 9.53 Å². The molecule has 0 saturated carbocycles. The third-order valence-electron chi connectivity index (χ3n) is 2.86. The molecule has 0 amide bonds. The van der Waals surface area contributed by atoms with E-state index >= 15 is 0 Å². The molecule has 1 atom stereocenters. The smallest absolute Gasteiger partial charge is 0.319 e. The minimum Gasteiger partial charge on any atom is -0.465 e. The highest BCUT2D eigenvalue weighted by molar-refractivity contribution is 8.00. The molecule has 1 unspecified atom stereocenters. The summed E-state index contributed by atoms with van der Waals surface area (Å²) in [6, 6.07) is 0. The Morgan fingerprint density at radius 3 is 3.05 bits per heavy atom. The van der Waals surface area contributed by atoms with Gasteiger partial charge in [-0.25, -0.2) is 9.97 Å². The van der Waals surface area contributed by atoms with Gasteiger partial charge in [-0.05, 0) is 13.3 Å². The molecular formula is C13H18N4O2S. The van der Waals surface area contributed by atoms with Crippen LogP contribution in [0.4, 0.5) is 0 Å². The fraction of sp³-hybridized carbons (Fsp3) is 0.538. The second-order valence-corrected chi connectivity index (χ2v) is 5.79. The molecule has 0 aliphatic heterocycles. The number of fused-ring (bicyclic) bond motifs is 1. The predicted molar refractivity (Wildman–Crippen MR) is 77.5 cm³/mol. The van der Waals surface area contributed by atoms with Crippen molar-refractivity contribution in [3.8, 4) is 0 Å². The van der Waals surface area contributed by atoms with E-state index in [1.807, 2.05) is 14.0 Å². The molecule has 0 aromatic carbocycles. The second-order valence-electron chi connectivity index (χ2n) is 4.47. The maximum Gasteiger partial charge on any atom is 0.319 e. The van der Waals surface area contributed by atoms with Crippen molar-refractivity contribution >= 4 is 28.8 Å². The zero-order chi connectivity index (χ0) is 14.5. The predicted octanol–water partition coefficient (Wildman–Crippen LogP) is 2.19. The first-order valence-corrected chi connectivity index (χ1v) is 7.47. The normalized spacial score (nSPS) is 12.6. The van der Waals surface area contributed by atoms with Crippen molar-refractivity contribution in [3.05, 3.63) is 12.5 Å². The minimum absolute atomic E-state index is 0.209. The summed E-state index contributed by atoms with van der Waals surface area (Å²) < 4.78 is 6.90. The first-order chi connectivity index (χ1) is 9.63. The number of carbonyl (C=O) groups is 1. The SMILES string of the molecule is CCCCOC(=O)C(C)Sc1ncnc2c1cnn2C. The van der Waals surface area contributed by atoms with Crippen LogP contribution in [0.15, 0.2) is 17.6 Å². The minimum atomic E-state index is -0.301. The molecule has 2 rings (SSSR count). The Kier molecular flexibility index (Phi) is 4.94. The lowest BCUT2D eigenvalue weighted by molar-refractivity contribution is -0.142. The van der Waals surface area contributed by atoms with Crippen molar-refractivity contribution in [1.82, 2.24) is 19.7 Å². The molecule has 0 N–H and O–H groups in total. The number of hydrogen-bond acceptors (Lipinski definition) is 6. The molecule has 7 heteroatoms. The van der Waals surface area contributed by atoms with Crippen LogP contribution in [0.1, 0.15) is 26.7 Å². The third kappa shape index (κ3) is 3.27. The fourth-order valence-corrected chi connectivity index (χ4v) is 2.56. The van der Waals surface area contributed by atoms with Gasteiger partial charge in [0, 0.05) is 7.05 Å². The molecule has 0 spiro atoms. The Hall–Kier alpha value is -1.63. The van der Waals surface area contributed by atoms with E-state index in [1.165, 1.54) is 18.1 Å². The van der Waals surface area contributed by atoms with Gasteiger partial charge in [-0.2, -0.15) is 5.10 Å². The van der Waals surface area contributed by atoms with Gasteiger partial charge in [0.1, 0.15) is 16.6 Å². The average molecular weight is 294 g/mol. The highest BCUT2D eigenvalue weighted by Crippen LogP contribution is 2.27. The number of hydrogen-bond donors (Lipinski definition) is 0. The van der Waals surface area contributed by atoms with Crippen molar-refractivity contribution in [2.45, 2.75) is 37.0 Å². The number of carbonyl (C=O) groups excluding carboxylic acids is 1. The van der Waals surface area contributed by atoms with E-state index in [-0.39, 0.29) is 11.2 Å². The third-order valence-corrected chi connectivity index (χ3v) is 3.95. The Bertz CT molecular complexity index is 599. The Labute approximate surface area is 121 Å². The largest absolute Gasteiger partial charge is 0.465 e. The molecule has 0 saturated heterocycles. The number of nitrogens with zero attached hydrogens (tertiary/aromatic N) is 4. The van der Waals surface area contributed by atoms with Crippen LogP contribution in [0, 0.1) is 0 Å². The number of ether oxygens (including phenoxy) is 1. The first-order valence-electron chi connectivity index (χ1n) is 6.59. The molecule has 2 aromatic heterocycles. The van der Waals surface area contributed by atoms with E-state index < -0.39 is 0 Å². The zero-order valence-electron chi connectivity index (χ0n) is 11.9. The standard InChI is InChI=1S/C13H18N4O2S/c1-4-5-6-19-13(18)9(2)20-12-10-7-16-17(3)11(10)14-8-15-12/h7-9H,4-6H2,1-3H3. The van der Waals surface area contributed by atoms with Crippen LogP contribution in [0.3, 0.4) is 0 Å². The molecule has 20 heavy (non-hydrogen) atoms. The Balaban J connectivity index is 2.06. The van der Waals surface area contributed by atoms with Gasteiger partial charge in [0.15, 0.2) is 5.65 Å². The number of unbranched alkanes of at least 4 members (excludes halogenated alkanes) is 1. The van der Waals surface area contributed by atoms with Gasteiger partial charge in [0.05, 0.1) is 18.2 Å². The van der Waals surface area contributed by atoms with E-state index in [4.69, 9.17) is 4.74 Å². The van der Waals surface area contributed by atoms with Crippen LogP contribution in [-0.2, 0) is 16.6 Å². The molecule has 0 aliphatic carbocycles. The van der Waals surface area contributed by atoms with E-state index in [0.717, 1.165) is 28.9 Å². The van der Waals surface area contributed by atoms with Crippen LogP contribution in [0.5, 0.6) is 0 Å². The lowest BCUT2D eigenvalue weighted by Crippen LogP contribution is -2.17. The number of thioether (sulfide) groups is 1. The van der Waals surface area contributed by atoms with Crippen LogP contribution >= 0.6 is 11.8 Å². The van der Waals surface area contributed by atoms with Crippen LogP contribution < -0.4 is 0 Å². The van der Waals surface area contributed by atoms with E-state index in [0.29, 0.717) is 6.61 Å². The van der Waals surface area contributed by atoms with Crippen LogP contribution in [-0.4, -0.2) is 37.6 Å². The molecule has 0 radical (unpaired) electrons. The highest BCUT2D eigenvalue weighted by Gasteiger charge is 2.19. The van der Waals surface area contributed by atoms with E-state index in [2.05, 4.69) is 22.0 Å². The Morgan fingerprint density at radius 1 is 1.50 bits per heavy atom. The number of esters is 1. The van der Waals surface area contributed by atoms with Gasteiger partial charge in [-0.1, -0.05) is 25.1 Å². The summed E-state index contributed by atoms with van der Waals surface area (Å²) >= 11 is 1.37. The molecule has 2 heterocycles. The van der Waals surface area contributed by atoms with Crippen molar-refractivity contribution in [2.75, 3.05) is 6.61 Å². The van der Waals surface area contributed by atoms with Gasteiger partial charge in [0.2, 0.25) is 0 Å². The number of aryl methyl sites for hydroxylation is 1. The summed E-state index contributed by atoms with van der Waals surface area (Å²) in [5.74, 6) is -0.209. The van der Waals surface area contributed by atoms with Crippen LogP contribution in [0.25, 0.3) is 11.0 Å². The first kappa shape index (κ1) is 14.8. The summed E-state index contributed by atoms with van der Waals surface area (Å²) in [6.07, 6.45) is 5.11. The number of aromatic nitrogens is 4. The van der Waals surface area contributed by atoms with Crippen molar-refractivity contribution in [3.63, 3.8) is 0 Å². The monoisotopic (exact) mass is 294 g/mol. The van der Waals surface area contributed by atoms with Crippen LogP contribution in [0.2, 0.25) is 0 Å². The Morgan fingerprint density at radius 2 is 2.30 bits per heavy atom. The summed E-state index contributed by atoms with van der Waals surface area (Å²) in [5, 5.41) is 5.46. The van der Waals surface area contributed by atoms with Gasteiger partial charge in [-0.3, -0.25) is 9.48 Å². The summed E-state index contributed by atoms with van der Waals surface area (Å²) in [4.78, 5) is 20.3. The van der Waals surface area contributed by atoms with Crippen molar-refractivity contribution in [1.29, 1.82) is 0 Å². The molecule has 6 nitrogen and oxygen atoms in total. The molecular weight excluding hydrogens is 276 g/mol. The second kappa shape index (κ2) is 6.69. The topological polar surface area (TPSA) is 69.9 Å². The lowest BCUT2D eigenvalue weighted by Gasteiger charge is -2.10. The van der Waals surface area contributed by atoms with Gasteiger partial charge in [-0.15, -0.1) is 0 Å². The van der Waals surface area contributed by atoms with Gasteiger partial charge >= 0.3 is 5.97 Å². The van der Waals surface area contributed by atoms with E-state index in [9.17, 15) is 4.79 Å². The fourth-order valence-electron chi connectivity index (χ4n) is 1.68. The molecule has 108 valence electrons. The average Bonchev–Trinajstić information content (AvgIpc) is 2.82. The molecule has 2 aromatic rings. The molecule has 0 fully saturated rings. The maximum absolute atomic E-state index is 11.9. The maximum atomic E-state index is 11.9. The van der Waals surface area contributed by atoms with Gasteiger partial charge < -0.3 is 4.74 Å².